The molecule has 0 spiro atoms. The van der Waals surface area contributed by atoms with Gasteiger partial charge in [-0.25, -0.2) is 0 Å². The summed E-state index contributed by atoms with van der Waals surface area (Å²) in [5.74, 6) is 0. The number of nitrogens with zero attached hydrogens (tertiary/aromatic N) is 2. The van der Waals surface area contributed by atoms with E-state index in [1.807, 2.05) is 0 Å². The Kier molecular flexibility index (Phi) is 10.8. The molecule has 0 N–H and O–H groups in total. The summed E-state index contributed by atoms with van der Waals surface area (Å²) in [5, 5.41) is 4.97. The van der Waals surface area contributed by atoms with E-state index in [4.69, 9.17) is 0 Å². The van der Waals surface area contributed by atoms with Crippen molar-refractivity contribution in [1.29, 1.82) is 0 Å². The molecular formula is C79H52N2. The van der Waals surface area contributed by atoms with Gasteiger partial charge in [-0.3, -0.25) is 0 Å². The predicted molar refractivity (Wildman–Crippen MR) is 340 cm³/mol. The van der Waals surface area contributed by atoms with E-state index >= 15 is 0 Å². The van der Waals surface area contributed by atoms with Gasteiger partial charge in [-0.1, -0.05) is 249 Å². The Bertz CT molecular complexity index is 4840. The number of fused-ring (bicyclic) bond motifs is 9. The number of hydrogen-bond donors (Lipinski definition) is 0. The SMILES string of the molecule is c1ccc(-c2cccc(-n3c4ccccc4c4cc(-c5ccc6c(c5)c5ccccc5n6-c5ccc(-c6ccc(-c7cccc(-c8ccc(C9(c%10ccccc%10)c%10ccccc%10-c%10ccccc%109)cc8)c7)cc6)cc5)ccc43)c2)cc1. The van der Waals surface area contributed by atoms with E-state index in [9.17, 15) is 0 Å². The fourth-order valence-electron chi connectivity index (χ4n) is 13.5. The van der Waals surface area contributed by atoms with Crippen LogP contribution in [0.15, 0.2) is 315 Å². The topological polar surface area (TPSA) is 9.86 Å². The summed E-state index contributed by atoms with van der Waals surface area (Å²) in [6, 6.07) is 116. The van der Waals surface area contributed by atoms with Gasteiger partial charge in [0.25, 0.3) is 0 Å². The van der Waals surface area contributed by atoms with E-state index in [0.717, 1.165) is 11.4 Å². The van der Waals surface area contributed by atoms with Gasteiger partial charge >= 0.3 is 0 Å². The van der Waals surface area contributed by atoms with E-state index in [2.05, 4.69) is 325 Å². The largest absolute Gasteiger partial charge is 0.309 e. The number of benzene rings is 13. The zero-order chi connectivity index (χ0) is 53.4. The van der Waals surface area contributed by atoms with Crippen molar-refractivity contribution in [2.75, 3.05) is 0 Å². The predicted octanol–water partition coefficient (Wildman–Crippen LogP) is 20.6. The maximum atomic E-state index is 2.41. The highest BCUT2D eigenvalue weighted by molar-refractivity contribution is 6.13. The molecule has 0 fully saturated rings. The molecule has 0 saturated heterocycles. The average Bonchev–Trinajstić information content (AvgIpc) is 3.33. The Labute approximate surface area is 471 Å². The van der Waals surface area contributed by atoms with Crippen LogP contribution in [-0.2, 0) is 5.41 Å². The molecule has 81 heavy (non-hydrogen) atoms. The van der Waals surface area contributed by atoms with Crippen LogP contribution in [0.3, 0.4) is 0 Å². The first kappa shape index (κ1) is 46.5. The molecule has 1 aliphatic rings. The van der Waals surface area contributed by atoms with Crippen molar-refractivity contribution in [1.82, 2.24) is 9.13 Å². The molecule has 0 unspecified atom stereocenters. The van der Waals surface area contributed by atoms with Crippen molar-refractivity contribution in [3.05, 3.63) is 338 Å². The van der Waals surface area contributed by atoms with Gasteiger partial charge in [-0.2, -0.15) is 0 Å². The lowest BCUT2D eigenvalue weighted by atomic mass is 9.67. The Hall–Kier alpha value is -10.5. The zero-order valence-corrected chi connectivity index (χ0v) is 44.4. The van der Waals surface area contributed by atoms with Crippen LogP contribution in [0.1, 0.15) is 22.3 Å². The van der Waals surface area contributed by atoms with Crippen molar-refractivity contribution < 1.29 is 0 Å². The monoisotopic (exact) mass is 1030 g/mol. The Morgan fingerprint density at radius 1 is 0.198 bits per heavy atom. The van der Waals surface area contributed by atoms with Crippen molar-refractivity contribution in [3.8, 4) is 78.1 Å². The fraction of sp³-hybridized carbons (Fsp3) is 0.0127. The number of para-hydroxylation sites is 2. The second-order valence-electron chi connectivity index (χ2n) is 21.6. The van der Waals surface area contributed by atoms with Gasteiger partial charge in [-0.15, -0.1) is 0 Å². The van der Waals surface area contributed by atoms with Crippen molar-refractivity contribution in [2.45, 2.75) is 5.41 Å². The zero-order valence-electron chi connectivity index (χ0n) is 44.4. The molecule has 2 heterocycles. The third-order valence-electron chi connectivity index (χ3n) is 17.2. The number of aromatic nitrogens is 2. The van der Waals surface area contributed by atoms with Gasteiger partial charge < -0.3 is 9.13 Å². The van der Waals surface area contributed by atoms with Crippen LogP contribution in [0.4, 0.5) is 0 Å². The molecule has 0 amide bonds. The summed E-state index contributed by atoms with van der Waals surface area (Å²) in [7, 11) is 0. The first-order chi connectivity index (χ1) is 40.2. The van der Waals surface area contributed by atoms with Gasteiger partial charge in [-0.05, 0) is 156 Å². The van der Waals surface area contributed by atoms with Crippen LogP contribution in [0.2, 0.25) is 0 Å². The Morgan fingerprint density at radius 2 is 0.556 bits per heavy atom. The van der Waals surface area contributed by atoms with Crippen molar-refractivity contribution in [3.63, 3.8) is 0 Å². The molecule has 0 bridgehead atoms. The number of rotatable bonds is 9. The van der Waals surface area contributed by atoms with Crippen molar-refractivity contribution in [2.24, 2.45) is 0 Å². The molecule has 2 heteroatoms. The minimum Gasteiger partial charge on any atom is -0.309 e. The summed E-state index contributed by atoms with van der Waals surface area (Å²) in [4.78, 5) is 0. The third-order valence-corrected chi connectivity index (χ3v) is 17.2. The van der Waals surface area contributed by atoms with Crippen LogP contribution < -0.4 is 0 Å². The lowest BCUT2D eigenvalue weighted by Crippen LogP contribution is -2.28. The van der Waals surface area contributed by atoms with Gasteiger partial charge in [0.05, 0.1) is 27.5 Å². The Morgan fingerprint density at radius 3 is 1.12 bits per heavy atom. The molecule has 0 atom stereocenters. The lowest BCUT2D eigenvalue weighted by molar-refractivity contribution is 0.768. The van der Waals surface area contributed by atoms with E-state index in [0.29, 0.717) is 0 Å². The standard InChI is InChI=1S/C79H52N2/c1-3-17-53(18-4-1)60-21-16-24-66(50-60)81-76-32-14-10-28-70(76)72-52-62(42-48-78(72)81)61-41-47-77-71(51-61)69-27-9-13-31-75(69)80(77)65-45-39-55(40-46-65)54-33-35-56(36-34-54)58-19-15-20-59(49-58)57-37-43-64(44-38-57)79(63-22-5-2-6-23-63)73-29-11-7-25-67(73)68-26-8-12-30-74(68)79/h1-52H. The van der Waals surface area contributed by atoms with Crippen LogP contribution in [0, 0.1) is 0 Å². The highest BCUT2D eigenvalue weighted by Crippen LogP contribution is 2.56. The summed E-state index contributed by atoms with van der Waals surface area (Å²) < 4.78 is 4.82. The summed E-state index contributed by atoms with van der Waals surface area (Å²) >= 11 is 0. The smallest absolute Gasteiger partial charge is 0.0713 e. The number of hydrogen-bond acceptors (Lipinski definition) is 0. The summed E-state index contributed by atoms with van der Waals surface area (Å²) in [5.41, 5.74) is 26.5. The summed E-state index contributed by atoms with van der Waals surface area (Å²) in [6.07, 6.45) is 0. The molecule has 2 nitrogen and oxygen atoms in total. The minimum absolute atomic E-state index is 0.408. The summed E-state index contributed by atoms with van der Waals surface area (Å²) in [6.45, 7) is 0. The second kappa shape index (κ2) is 18.8. The molecule has 0 radical (unpaired) electrons. The van der Waals surface area contributed by atoms with E-state index in [1.165, 1.54) is 133 Å². The molecule has 16 rings (SSSR count). The minimum atomic E-state index is -0.408. The highest BCUT2D eigenvalue weighted by atomic mass is 15.0. The fourth-order valence-corrected chi connectivity index (χ4v) is 13.5. The Balaban J connectivity index is 0.681. The quantitative estimate of drug-likeness (QED) is 0.136. The highest BCUT2D eigenvalue weighted by Gasteiger charge is 2.45. The molecule has 0 aliphatic heterocycles. The van der Waals surface area contributed by atoms with Crippen LogP contribution in [0.25, 0.3) is 122 Å². The van der Waals surface area contributed by atoms with E-state index < -0.39 is 5.41 Å². The van der Waals surface area contributed by atoms with E-state index in [-0.39, 0.29) is 0 Å². The van der Waals surface area contributed by atoms with Gasteiger partial charge in [0, 0.05) is 32.9 Å². The lowest BCUT2D eigenvalue weighted by Gasteiger charge is -2.34. The van der Waals surface area contributed by atoms with Crippen molar-refractivity contribution >= 4 is 43.6 Å². The second-order valence-corrected chi connectivity index (χ2v) is 21.6. The maximum Gasteiger partial charge on any atom is 0.0713 e. The van der Waals surface area contributed by atoms with E-state index in [1.54, 1.807) is 0 Å². The molecule has 378 valence electrons. The average molecular weight is 1030 g/mol. The molecular weight excluding hydrogens is 977 g/mol. The molecule has 1 aliphatic carbocycles. The van der Waals surface area contributed by atoms with Gasteiger partial charge in [0.2, 0.25) is 0 Å². The van der Waals surface area contributed by atoms with Gasteiger partial charge in [0.15, 0.2) is 0 Å². The van der Waals surface area contributed by atoms with Crippen LogP contribution in [-0.4, -0.2) is 9.13 Å². The van der Waals surface area contributed by atoms with Gasteiger partial charge in [0.1, 0.15) is 0 Å². The maximum absolute atomic E-state index is 2.41. The molecule has 0 saturated carbocycles. The molecule has 15 aromatic rings. The van der Waals surface area contributed by atoms with Crippen LogP contribution >= 0.6 is 0 Å². The normalized spacial score (nSPS) is 12.5. The third kappa shape index (κ3) is 7.49. The molecule has 2 aromatic heterocycles. The molecule has 13 aromatic carbocycles. The first-order valence-electron chi connectivity index (χ1n) is 28.1. The first-order valence-corrected chi connectivity index (χ1v) is 28.1. The van der Waals surface area contributed by atoms with Crippen LogP contribution in [0.5, 0.6) is 0 Å².